The number of nitro groups is 1. The molecule has 2 atom stereocenters. The van der Waals surface area contributed by atoms with Crippen LogP contribution < -0.4 is 20.3 Å². The van der Waals surface area contributed by atoms with E-state index in [1.165, 1.54) is 5.56 Å². The van der Waals surface area contributed by atoms with Crippen molar-refractivity contribution in [3.8, 4) is 5.75 Å². The van der Waals surface area contributed by atoms with Crippen LogP contribution >= 0.6 is 0 Å². The maximum atomic E-state index is 11.4. The van der Waals surface area contributed by atoms with Gasteiger partial charge in [-0.25, -0.2) is 0 Å². The van der Waals surface area contributed by atoms with Crippen molar-refractivity contribution in [2.45, 2.75) is 39.3 Å². The highest BCUT2D eigenvalue weighted by Gasteiger charge is 2.23. The molecule has 7 heteroatoms. The second kappa shape index (κ2) is 9.60. The SMILES string of the molecule is CCc1ccc(OCCNc2cc(N3C[C@H](C)N[C@@H](C)C3)ccc2[N+](=O)[O-])cc1. The molecule has 0 unspecified atom stereocenters. The van der Waals surface area contributed by atoms with Gasteiger partial charge in [0.15, 0.2) is 0 Å². The van der Waals surface area contributed by atoms with Gasteiger partial charge >= 0.3 is 0 Å². The summed E-state index contributed by atoms with van der Waals surface area (Å²) in [5.74, 6) is 0.802. The topological polar surface area (TPSA) is 79.7 Å². The van der Waals surface area contributed by atoms with Gasteiger partial charge < -0.3 is 20.3 Å². The van der Waals surface area contributed by atoms with Crippen molar-refractivity contribution in [2.24, 2.45) is 0 Å². The molecule has 2 aromatic carbocycles. The lowest BCUT2D eigenvalue weighted by atomic mass is 10.1. The van der Waals surface area contributed by atoms with Crippen LogP contribution in [0.4, 0.5) is 17.1 Å². The molecule has 2 N–H and O–H groups in total. The monoisotopic (exact) mass is 398 g/mol. The Morgan fingerprint density at radius 3 is 2.48 bits per heavy atom. The Morgan fingerprint density at radius 2 is 1.86 bits per heavy atom. The summed E-state index contributed by atoms with van der Waals surface area (Å²) in [6, 6.07) is 14.0. The maximum absolute atomic E-state index is 11.4. The predicted octanol–water partition coefficient (Wildman–Crippen LogP) is 3.83. The predicted molar refractivity (Wildman–Crippen MR) is 117 cm³/mol. The van der Waals surface area contributed by atoms with Gasteiger partial charge in [0.2, 0.25) is 0 Å². The molecule has 0 aliphatic carbocycles. The number of benzene rings is 2. The number of nitrogens with zero attached hydrogens (tertiary/aromatic N) is 2. The van der Waals surface area contributed by atoms with Crippen LogP contribution in [0, 0.1) is 10.1 Å². The van der Waals surface area contributed by atoms with Crippen LogP contribution in [0.1, 0.15) is 26.3 Å². The van der Waals surface area contributed by atoms with E-state index in [4.69, 9.17) is 4.74 Å². The summed E-state index contributed by atoms with van der Waals surface area (Å²) in [7, 11) is 0. The molecule has 29 heavy (non-hydrogen) atoms. The van der Waals surface area contributed by atoms with Crippen molar-refractivity contribution in [1.82, 2.24) is 5.32 Å². The standard InChI is InChI=1S/C22H30N4O3/c1-4-18-5-8-20(9-6-18)29-12-11-23-21-13-19(7-10-22(21)26(27)28)25-14-16(2)24-17(3)15-25/h5-10,13,16-17,23-24H,4,11-12,14-15H2,1-3H3/t16-,17-/m0/s1. The molecule has 2 aromatic rings. The number of aryl methyl sites for hydroxylation is 1. The minimum atomic E-state index is -0.348. The lowest BCUT2D eigenvalue weighted by Crippen LogP contribution is -2.54. The van der Waals surface area contributed by atoms with Crippen LogP contribution in [0.3, 0.4) is 0 Å². The van der Waals surface area contributed by atoms with E-state index >= 15 is 0 Å². The largest absolute Gasteiger partial charge is 0.492 e. The molecule has 1 fully saturated rings. The Balaban J connectivity index is 1.64. The molecular weight excluding hydrogens is 368 g/mol. The van der Waals surface area contributed by atoms with Crippen LogP contribution in [0.2, 0.25) is 0 Å². The van der Waals surface area contributed by atoms with Crippen molar-refractivity contribution in [2.75, 3.05) is 36.5 Å². The fourth-order valence-corrected chi connectivity index (χ4v) is 3.74. The third kappa shape index (κ3) is 5.60. The number of anilines is 2. The molecule has 0 spiro atoms. The number of hydrogen-bond acceptors (Lipinski definition) is 6. The quantitative estimate of drug-likeness (QED) is 0.400. The second-order valence-corrected chi connectivity index (χ2v) is 7.61. The summed E-state index contributed by atoms with van der Waals surface area (Å²) < 4.78 is 5.75. The normalized spacial score (nSPS) is 19.1. The zero-order valence-corrected chi connectivity index (χ0v) is 17.4. The lowest BCUT2D eigenvalue weighted by molar-refractivity contribution is -0.383. The van der Waals surface area contributed by atoms with Gasteiger partial charge in [-0.05, 0) is 50.1 Å². The molecule has 0 amide bonds. The van der Waals surface area contributed by atoms with Crippen molar-refractivity contribution < 1.29 is 9.66 Å². The smallest absolute Gasteiger partial charge is 0.292 e. The number of nitrogens with one attached hydrogen (secondary N) is 2. The van der Waals surface area contributed by atoms with Gasteiger partial charge in [0.05, 0.1) is 4.92 Å². The maximum Gasteiger partial charge on any atom is 0.292 e. The number of rotatable bonds is 8. The summed E-state index contributed by atoms with van der Waals surface area (Å²) in [4.78, 5) is 13.4. The minimum absolute atomic E-state index is 0.0808. The zero-order valence-electron chi connectivity index (χ0n) is 17.4. The summed E-state index contributed by atoms with van der Waals surface area (Å²) >= 11 is 0. The Kier molecular flexibility index (Phi) is 6.93. The highest BCUT2D eigenvalue weighted by atomic mass is 16.6. The van der Waals surface area contributed by atoms with E-state index in [1.807, 2.05) is 36.4 Å². The number of nitro benzene ring substituents is 1. The van der Waals surface area contributed by atoms with E-state index in [2.05, 4.69) is 36.3 Å². The van der Waals surface area contributed by atoms with Gasteiger partial charge in [0.25, 0.3) is 5.69 Å². The molecule has 1 aliphatic rings. The van der Waals surface area contributed by atoms with Crippen LogP contribution in [0.25, 0.3) is 0 Å². The first kappa shape index (κ1) is 20.9. The molecule has 1 heterocycles. The third-order valence-electron chi connectivity index (χ3n) is 5.12. The molecule has 156 valence electrons. The Labute approximate surface area is 172 Å². The van der Waals surface area contributed by atoms with E-state index in [1.54, 1.807) is 6.07 Å². The number of ether oxygens (including phenoxy) is 1. The minimum Gasteiger partial charge on any atom is -0.492 e. The molecule has 0 saturated carbocycles. The van der Waals surface area contributed by atoms with Gasteiger partial charge in [-0.15, -0.1) is 0 Å². The Hall–Kier alpha value is -2.80. The van der Waals surface area contributed by atoms with Crippen LogP contribution in [0.5, 0.6) is 5.75 Å². The zero-order chi connectivity index (χ0) is 20.8. The molecule has 0 radical (unpaired) electrons. The second-order valence-electron chi connectivity index (χ2n) is 7.61. The van der Waals surface area contributed by atoms with E-state index < -0.39 is 0 Å². The summed E-state index contributed by atoms with van der Waals surface area (Å²) in [6.07, 6.45) is 0.993. The van der Waals surface area contributed by atoms with Crippen molar-refractivity contribution in [1.29, 1.82) is 0 Å². The summed E-state index contributed by atoms with van der Waals surface area (Å²) in [6.45, 7) is 9.07. The fourth-order valence-electron chi connectivity index (χ4n) is 3.74. The molecule has 0 aromatic heterocycles. The molecule has 1 saturated heterocycles. The van der Waals surface area contributed by atoms with Crippen LogP contribution in [-0.2, 0) is 6.42 Å². The van der Waals surface area contributed by atoms with Crippen molar-refractivity contribution in [3.05, 3.63) is 58.1 Å². The molecular formula is C22H30N4O3. The van der Waals surface area contributed by atoms with E-state index in [-0.39, 0.29) is 10.6 Å². The highest BCUT2D eigenvalue weighted by molar-refractivity contribution is 5.69. The van der Waals surface area contributed by atoms with Crippen LogP contribution in [-0.4, -0.2) is 43.2 Å². The van der Waals surface area contributed by atoms with E-state index in [0.717, 1.165) is 30.9 Å². The molecule has 0 bridgehead atoms. The molecule has 1 aliphatic heterocycles. The average molecular weight is 399 g/mol. The van der Waals surface area contributed by atoms with Crippen molar-refractivity contribution in [3.63, 3.8) is 0 Å². The fraction of sp³-hybridized carbons (Fsp3) is 0.455. The van der Waals surface area contributed by atoms with Crippen LogP contribution in [0.15, 0.2) is 42.5 Å². The highest BCUT2D eigenvalue weighted by Crippen LogP contribution is 2.30. The van der Waals surface area contributed by atoms with Gasteiger partial charge in [-0.1, -0.05) is 19.1 Å². The lowest BCUT2D eigenvalue weighted by Gasteiger charge is -2.37. The van der Waals surface area contributed by atoms with Gasteiger partial charge in [-0.3, -0.25) is 10.1 Å². The number of piperazine rings is 1. The Morgan fingerprint density at radius 1 is 1.17 bits per heavy atom. The van der Waals surface area contributed by atoms with E-state index in [9.17, 15) is 10.1 Å². The summed E-state index contributed by atoms with van der Waals surface area (Å²) in [5.41, 5.74) is 2.86. The first-order chi connectivity index (χ1) is 14.0. The first-order valence-electron chi connectivity index (χ1n) is 10.2. The Bertz CT molecular complexity index is 815. The third-order valence-corrected chi connectivity index (χ3v) is 5.12. The van der Waals surface area contributed by atoms with Gasteiger partial charge in [-0.2, -0.15) is 0 Å². The molecule has 3 rings (SSSR count). The van der Waals surface area contributed by atoms with E-state index in [0.29, 0.717) is 30.9 Å². The van der Waals surface area contributed by atoms with Crippen molar-refractivity contribution >= 4 is 17.1 Å². The average Bonchev–Trinajstić information content (AvgIpc) is 2.70. The summed E-state index contributed by atoms with van der Waals surface area (Å²) in [5, 5.41) is 18.1. The first-order valence-corrected chi connectivity index (χ1v) is 10.2. The van der Waals surface area contributed by atoms with Gasteiger partial charge in [0, 0.05) is 43.5 Å². The molecule has 7 nitrogen and oxygen atoms in total. The number of hydrogen-bond donors (Lipinski definition) is 2. The van der Waals surface area contributed by atoms with Gasteiger partial charge in [0.1, 0.15) is 18.0 Å².